The van der Waals surface area contributed by atoms with Gasteiger partial charge in [0.2, 0.25) is 0 Å². The monoisotopic (exact) mass is 230 g/mol. The fourth-order valence-electron chi connectivity index (χ4n) is 2.35. The van der Waals surface area contributed by atoms with E-state index in [-0.39, 0.29) is 5.41 Å². The number of aromatic nitrogens is 3. The predicted octanol–water partition coefficient (Wildman–Crippen LogP) is 3.51. The molecule has 3 heteroatoms. The molecule has 0 spiro atoms. The average Bonchev–Trinajstić information content (AvgIpc) is 2.55. The van der Waals surface area contributed by atoms with Crippen molar-refractivity contribution in [3.63, 3.8) is 0 Å². The normalized spacial score (nSPS) is 12.5. The second-order valence-electron chi connectivity index (χ2n) is 5.72. The molecule has 1 radical (unpaired) electrons. The van der Waals surface area contributed by atoms with Gasteiger partial charge < -0.3 is 0 Å². The van der Waals surface area contributed by atoms with Crippen LogP contribution in [0.1, 0.15) is 34.1 Å². The van der Waals surface area contributed by atoms with Crippen LogP contribution in [0.15, 0.2) is 24.3 Å². The number of benzene rings is 1. The van der Waals surface area contributed by atoms with E-state index in [0.717, 1.165) is 17.5 Å². The van der Waals surface area contributed by atoms with Gasteiger partial charge in [0.15, 0.2) is 0 Å². The second kappa shape index (κ2) is 4.47. The van der Waals surface area contributed by atoms with Gasteiger partial charge in [-0.05, 0) is 29.9 Å². The SMILES string of the molecule is CC(C)CC(C)(C)[CH]n1nc2ccccc2n1. The van der Waals surface area contributed by atoms with E-state index in [9.17, 15) is 0 Å². The summed E-state index contributed by atoms with van der Waals surface area (Å²) < 4.78 is 0. The van der Waals surface area contributed by atoms with E-state index < -0.39 is 0 Å². The smallest absolute Gasteiger partial charge is 0.113 e. The van der Waals surface area contributed by atoms with Crippen molar-refractivity contribution in [1.29, 1.82) is 0 Å². The van der Waals surface area contributed by atoms with E-state index >= 15 is 0 Å². The molecular weight excluding hydrogens is 210 g/mol. The van der Waals surface area contributed by atoms with Crippen LogP contribution in [0.4, 0.5) is 0 Å². The summed E-state index contributed by atoms with van der Waals surface area (Å²) in [5.74, 6) is 0.672. The maximum absolute atomic E-state index is 4.46. The first-order valence-corrected chi connectivity index (χ1v) is 6.14. The lowest BCUT2D eigenvalue weighted by atomic mass is 9.84. The van der Waals surface area contributed by atoms with Crippen LogP contribution in [0.2, 0.25) is 0 Å². The van der Waals surface area contributed by atoms with Gasteiger partial charge in [0, 0.05) is 0 Å². The molecule has 91 valence electrons. The molecule has 1 aromatic carbocycles. The van der Waals surface area contributed by atoms with Crippen LogP contribution in [-0.2, 0) is 0 Å². The zero-order chi connectivity index (χ0) is 12.5. The Hall–Kier alpha value is -1.38. The molecule has 0 aliphatic heterocycles. The maximum atomic E-state index is 4.46. The van der Waals surface area contributed by atoms with E-state index in [0.29, 0.717) is 5.92 Å². The topological polar surface area (TPSA) is 30.7 Å². The molecule has 0 atom stereocenters. The molecule has 0 fully saturated rings. The minimum absolute atomic E-state index is 0.114. The molecule has 2 rings (SSSR count). The molecule has 0 saturated heterocycles. The number of hydrogen-bond donors (Lipinski definition) is 0. The summed E-state index contributed by atoms with van der Waals surface area (Å²) in [5.41, 5.74) is 2.01. The Morgan fingerprint density at radius 2 is 1.71 bits per heavy atom. The van der Waals surface area contributed by atoms with Crippen molar-refractivity contribution in [3.8, 4) is 0 Å². The molecule has 17 heavy (non-hydrogen) atoms. The van der Waals surface area contributed by atoms with Crippen LogP contribution in [0.25, 0.3) is 11.0 Å². The lowest BCUT2D eigenvalue weighted by Crippen LogP contribution is -2.20. The highest BCUT2D eigenvalue weighted by Crippen LogP contribution is 2.28. The quantitative estimate of drug-likeness (QED) is 0.804. The number of hydrogen-bond acceptors (Lipinski definition) is 2. The highest BCUT2D eigenvalue weighted by atomic mass is 15.5. The number of nitrogens with zero attached hydrogens (tertiary/aromatic N) is 3. The van der Waals surface area contributed by atoms with Gasteiger partial charge in [-0.3, -0.25) is 0 Å². The fraction of sp³-hybridized carbons (Fsp3) is 0.500. The lowest BCUT2D eigenvalue weighted by molar-refractivity contribution is 0.309. The second-order valence-corrected chi connectivity index (χ2v) is 5.72. The summed E-state index contributed by atoms with van der Waals surface area (Å²) in [6, 6.07) is 7.95. The van der Waals surface area contributed by atoms with Crippen molar-refractivity contribution >= 4 is 11.0 Å². The van der Waals surface area contributed by atoms with Crippen LogP contribution in [0.3, 0.4) is 0 Å². The van der Waals surface area contributed by atoms with E-state index in [1.165, 1.54) is 0 Å². The largest absolute Gasteiger partial charge is 0.178 e. The van der Waals surface area contributed by atoms with Crippen molar-refractivity contribution in [2.45, 2.75) is 34.1 Å². The Balaban J connectivity index is 2.18. The minimum atomic E-state index is 0.114. The molecule has 1 aromatic heterocycles. The molecule has 0 bridgehead atoms. The molecule has 0 aliphatic carbocycles. The standard InChI is InChI=1S/C14H20N3/c1-11(2)9-14(3,4)10-17-15-12-7-5-6-8-13(12)16-17/h5-8,10-11H,9H2,1-4H3. The molecule has 0 unspecified atom stereocenters. The van der Waals surface area contributed by atoms with Gasteiger partial charge in [-0.15, -0.1) is 0 Å². The Kier molecular flexibility index (Phi) is 3.18. The third kappa shape index (κ3) is 3.05. The van der Waals surface area contributed by atoms with E-state index in [4.69, 9.17) is 0 Å². The average molecular weight is 230 g/mol. The Morgan fingerprint density at radius 3 is 2.18 bits per heavy atom. The third-order valence-corrected chi connectivity index (χ3v) is 2.70. The summed E-state index contributed by atoms with van der Waals surface area (Å²) in [6.07, 6.45) is 1.13. The molecule has 0 amide bonds. The highest BCUT2D eigenvalue weighted by molar-refractivity contribution is 5.73. The van der Waals surface area contributed by atoms with Crippen molar-refractivity contribution in [2.24, 2.45) is 11.3 Å². The Labute approximate surface area is 103 Å². The molecule has 0 aliphatic rings. The number of fused-ring (bicyclic) bond motifs is 1. The fourth-order valence-corrected chi connectivity index (χ4v) is 2.35. The van der Waals surface area contributed by atoms with Crippen LogP contribution < -0.4 is 0 Å². The van der Waals surface area contributed by atoms with E-state index in [1.807, 2.05) is 24.3 Å². The molecule has 0 N–H and O–H groups in total. The zero-order valence-corrected chi connectivity index (χ0v) is 11.0. The number of rotatable bonds is 4. The van der Waals surface area contributed by atoms with Gasteiger partial charge in [-0.2, -0.15) is 15.0 Å². The first-order chi connectivity index (χ1) is 7.96. The molecular formula is C14H20N3. The Bertz CT molecular complexity index is 464. The highest BCUT2D eigenvalue weighted by Gasteiger charge is 2.22. The summed E-state index contributed by atoms with van der Waals surface area (Å²) in [6.45, 7) is 11.0. The summed E-state index contributed by atoms with van der Waals surface area (Å²) in [7, 11) is 0. The van der Waals surface area contributed by atoms with Gasteiger partial charge in [-0.1, -0.05) is 39.8 Å². The van der Waals surface area contributed by atoms with E-state index in [1.54, 1.807) is 4.80 Å². The minimum Gasteiger partial charge on any atom is -0.178 e. The predicted molar refractivity (Wildman–Crippen MR) is 70.5 cm³/mol. The maximum Gasteiger partial charge on any atom is 0.113 e. The van der Waals surface area contributed by atoms with Gasteiger partial charge in [0.25, 0.3) is 0 Å². The molecule has 0 saturated carbocycles. The van der Waals surface area contributed by atoms with Crippen LogP contribution in [-0.4, -0.2) is 15.0 Å². The summed E-state index contributed by atoms with van der Waals surface area (Å²) in [5, 5.41) is 8.91. The summed E-state index contributed by atoms with van der Waals surface area (Å²) in [4.78, 5) is 1.72. The van der Waals surface area contributed by atoms with Crippen molar-refractivity contribution < 1.29 is 0 Å². The third-order valence-electron chi connectivity index (χ3n) is 2.70. The Morgan fingerprint density at radius 1 is 1.18 bits per heavy atom. The first-order valence-electron chi connectivity index (χ1n) is 6.14. The summed E-state index contributed by atoms with van der Waals surface area (Å²) >= 11 is 0. The van der Waals surface area contributed by atoms with Crippen LogP contribution in [0, 0.1) is 17.9 Å². The van der Waals surface area contributed by atoms with Crippen molar-refractivity contribution in [2.75, 3.05) is 0 Å². The van der Waals surface area contributed by atoms with Crippen LogP contribution in [0.5, 0.6) is 0 Å². The molecule has 3 nitrogen and oxygen atoms in total. The molecule has 2 aromatic rings. The first kappa shape index (κ1) is 12.1. The van der Waals surface area contributed by atoms with Crippen molar-refractivity contribution in [1.82, 2.24) is 15.0 Å². The van der Waals surface area contributed by atoms with Crippen LogP contribution >= 0.6 is 0 Å². The van der Waals surface area contributed by atoms with Gasteiger partial charge in [-0.25, -0.2) is 0 Å². The molecule has 1 heterocycles. The van der Waals surface area contributed by atoms with Gasteiger partial charge in [0.05, 0.1) is 0 Å². The van der Waals surface area contributed by atoms with E-state index in [2.05, 4.69) is 44.4 Å². The lowest BCUT2D eigenvalue weighted by Gasteiger charge is -2.24. The van der Waals surface area contributed by atoms with Gasteiger partial charge in [0.1, 0.15) is 17.6 Å². The zero-order valence-electron chi connectivity index (χ0n) is 11.0. The van der Waals surface area contributed by atoms with Crippen molar-refractivity contribution in [3.05, 3.63) is 30.8 Å². The van der Waals surface area contributed by atoms with Gasteiger partial charge >= 0.3 is 0 Å².